The molecule has 0 saturated carbocycles. The zero-order valence-electron chi connectivity index (χ0n) is 9.34. The predicted octanol–water partition coefficient (Wildman–Crippen LogP) is 2.39. The second-order valence-electron chi connectivity index (χ2n) is 3.90. The molecule has 0 fully saturated rings. The molecule has 0 N–H and O–H groups in total. The third kappa shape index (κ3) is 2.59. The summed E-state index contributed by atoms with van der Waals surface area (Å²) in [7, 11) is 0. The first-order chi connectivity index (χ1) is 7.87. The van der Waals surface area contributed by atoms with E-state index >= 15 is 0 Å². The number of aryl methyl sites for hydroxylation is 2. The minimum absolute atomic E-state index is 0.0128. The molecule has 17 heavy (non-hydrogen) atoms. The fraction of sp³-hybridized carbons (Fsp3) is 0.600. The Labute approximate surface area is 95.5 Å². The van der Waals surface area contributed by atoms with E-state index in [1.54, 1.807) is 13.8 Å². The molecule has 2 heterocycles. The minimum atomic E-state index is -4.24. The Morgan fingerprint density at radius 3 is 2.59 bits per heavy atom. The van der Waals surface area contributed by atoms with Gasteiger partial charge in [-0.25, -0.2) is 4.99 Å². The van der Waals surface area contributed by atoms with Gasteiger partial charge in [-0.3, -0.25) is 0 Å². The van der Waals surface area contributed by atoms with Gasteiger partial charge in [0.1, 0.15) is 17.4 Å². The van der Waals surface area contributed by atoms with Crippen molar-refractivity contribution in [1.29, 1.82) is 0 Å². The first-order valence-electron chi connectivity index (χ1n) is 5.08. The summed E-state index contributed by atoms with van der Waals surface area (Å²) in [6.45, 7) is 3.37. The Morgan fingerprint density at radius 2 is 2.06 bits per heavy atom. The third-order valence-electron chi connectivity index (χ3n) is 2.42. The number of ether oxygens (including phenoxy) is 1. The molecule has 0 aliphatic carbocycles. The Bertz CT molecular complexity index is 431. The van der Waals surface area contributed by atoms with Gasteiger partial charge in [0.2, 0.25) is 5.90 Å². The molecule has 0 radical (unpaired) electrons. The van der Waals surface area contributed by atoms with Crippen molar-refractivity contribution in [3.8, 4) is 0 Å². The number of alkyl halides is 3. The summed E-state index contributed by atoms with van der Waals surface area (Å²) in [6.07, 6.45) is -6.18. The van der Waals surface area contributed by atoms with Crippen LogP contribution in [0.5, 0.6) is 0 Å². The molecular formula is C10H11F3N2O2. The van der Waals surface area contributed by atoms with Crippen LogP contribution in [0.25, 0.3) is 0 Å². The topological polar surface area (TPSA) is 47.6 Å². The molecule has 0 amide bonds. The van der Waals surface area contributed by atoms with E-state index in [0.717, 1.165) is 0 Å². The van der Waals surface area contributed by atoms with Gasteiger partial charge in [0.25, 0.3) is 0 Å². The molecule has 0 bridgehead atoms. The predicted molar refractivity (Wildman–Crippen MR) is 52.9 cm³/mol. The first kappa shape index (κ1) is 11.9. The van der Waals surface area contributed by atoms with Crippen LogP contribution >= 0.6 is 0 Å². The summed E-state index contributed by atoms with van der Waals surface area (Å²) in [5.41, 5.74) is 1.11. The number of nitrogens with zero attached hydrogens (tertiary/aromatic N) is 2. The Kier molecular flexibility index (Phi) is 2.84. The van der Waals surface area contributed by atoms with Crippen LogP contribution in [0.2, 0.25) is 0 Å². The molecule has 1 aliphatic rings. The highest BCUT2D eigenvalue weighted by Crippen LogP contribution is 2.27. The van der Waals surface area contributed by atoms with E-state index in [0.29, 0.717) is 17.0 Å². The smallest absolute Gasteiger partial charge is 0.392 e. The van der Waals surface area contributed by atoms with Crippen molar-refractivity contribution in [2.45, 2.75) is 32.5 Å². The lowest BCUT2D eigenvalue weighted by Crippen LogP contribution is -2.23. The van der Waals surface area contributed by atoms with E-state index in [2.05, 4.69) is 10.1 Å². The van der Waals surface area contributed by atoms with Crippen molar-refractivity contribution in [1.82, 2.24) is 5.16 Å². The van der Waals surface area contributed by atoms with Crippen LogP contribution in [-0.2, 0) is 4.74 Å². The van der Waals surface area contributed by atoms with Gasteiger partial charge in [-0.05, 0) is 13.8 Å². The maximum absolute atomic E-state index is 12.2. The van der Waals surface area contributed by atoms with Gasteiger partial charge in [0, 0.05) is 0 Å². The highest BCUT2D eigenvalue weighted by atomic mass is 19.4. The van der Waals surface area contributed by atoms with E-state index in [1.807, 2.05) is 0 Å². The molecule has 1 unspecified atom stereocenters. The highest BCUT2D eigenvalue weighted by Gasteiger charge is 2.36. The second-order valence-corrected chi connectivity index (χ2v) is 3.90. The van der Waals surface area contributed by atoms with Crippen LogP contribution < -0.4 is 0 Å². The van der Waals surface area contributed by atoms with Gasteiger partial charge in [-0.2, -0.15) is 13.2 Å². The summed E-state index contributed by atoms with van der Waals surface area (Å²) in [4.78, 5) is 3.96. The molecule has 0 saturated heterocycles. The zero-order valence-corrected chi connectivity index (χ0v) is 9.34. The van der Waals surface area contributed by atoms with Crippen molar-refractivity contribution in [3.05, 3.63) is 17.0 Å². The van der Waals surface area contributed by atoms with Gasteiger partial charge in [-0.15, -0.1) is 0 Å². The summed E-state index contributed by atoms with van der Waals surface area (Å²) in [6, 6.07) is 0. The van der Waals surface area contributed by atoms with Crippen molar-refractivity contribution >= 4 is 5.90 Å². The van der Waals surface area contributed by atoms with E-state index in [9.17, 15) is 13.2 Å². The number of halogens is 3. The first-order valence-corrected chi connectivity index (χ1v) is 5.08. The standard InChI is InChI=1S/C10H11F3N2O2/c1-5-8(6(2)17-15-5)9-14-4-7(16-9)3-10(11,12)13/h7H,3-4H2,1-2H3. The van der Waals surface area contributed by atoms with Crippen LogP contribution in [0, 0.1) is 13.8 Å². The molecule has 94 valence electrons. The quantitative estimate of drug-likeness (QED) is 0.807. The Morgan fingerprint density at radius 1 is 1.35 bits per heavy atom. The number of aliphatic imine (C=N–C) groups is 1. The minimum Gasteiger partial charge on any atom is -0.472 e. The lowest BCUT2D eigenvalue weighted by atomic mass is 10.2. The number of hydrogen-bond acceptors (Lipinski definition) is 4. The lowest BCUT2D eigenvalue weighted by Gasteiger charge is -2.13. The Balaban J connectivity index is 2.08. The van der Waals surface area contributed by atoms with Crippen molar-refractivity contribution < 1.29 is 22.4 Å². The van der Waals surface area contributed by atoms with Crippen LogP contribution in [0.15, 0.2) is 9.52 Å². The maximum Gasteiger partial charge on any atom is 0.392 e. The van der Waals surface area contributed by atoms with Gasteiger partial charge in [-0.1, -0.05) is 5.16 Å². The largest absolute Gasteiger partial charge is 0.472 e. The van der Waals surface area contributed by atoms with Crippen molar-refractivity contribution in [3.63, 3.8) is 0 Å². The number of hydrogen-bond donors (Lipinski definition) is 0. The SMILES string of the molecule is Cc1noc(C)c1C1=NCC(CC(F)(F)F)O1. The Hall–Kier alpha value is -1.53. The summed E-state index contributed by atoms with van der Waals surface area (Å²) in [5, 5.41) is 3.70. The monoisotopic (exact) mass is 248 g/mol. The van der Waals surface area contributed by atoms with Gasteiger partial charge in [0.05, 0.1) is 18.7 Å². The van der Waals surface area contributed by atoms with E-state index < -0.39 is 18.7 Å². The molecule has 2 rings (SSSR count). The fourth-order valence-corrected chi connectivity index (χ4v) is 1.71. The van der Waals surface area contributed by atoms with E-state index in [-0.39, 0.29) is 12.4 Å². The van der Waals surface area contributed by atoms with Crippen molar-refractivity contribution in [2.75, 3.05) is 6.54 Å². The summed E-state index contributed by atoms with van der Waals surface area (Å²) >= 11 is 0. The molecule has 1 aromatic heterocycles. The van der Waals surface area contributed by atoms with Crippen LogP contribution in [-0.4, -0.2) is 29.9 Å². The van der Waals surface area contributed by atoms with Crippen LogP contribution in [0.3, 0.4) is 0 Å². The molecule has 1 aliphatic heterocycles. The number of aromatic nitrogens is 1. The second kappa shape index (κ2) is 4.05. The summed E-state index contributed by atoms with van der Waals surface area (Å²) < 4.78 is 46.6. The molecular weight excluding hydrogens is 237 g/mol. The summed E-state index contributed by atoms with van der Waals surface area (Å²) in [5.74, 6) is 0.685. The van der Waals surface area contributed by atoms with Gasteiger partial charge >= 0.3 is 6.18 Å². The molecule has 1 aromatic rings. The highest BCUT2D eigenvalue weighted by molar-refractivity contribution is 5.96. The van der Waals surface area contributed by atoms with E-state index in [4.69, 9.17) is 9.26 Å². The molecule has 0 spiro atoms. The molecule has 1 atom stereocenters. The fourth-order valence-electron chi connectivity index (χ4n) is 1.71. The average molecular weight is 248 g/mol. The van der Waals surface area contributed by atoms with Crippen LogP contribution in [0.4, 0.5) is 13.2 Å². The average Bonchev–Trinajstić information content (AvgIpc) is 2.71. The van der Waals surface area contributed by atoms with Crippen LogP contribution in [0.1, 0.15) is 23.4 Å². The molecule has 4 nitrogen and oxygen atoms in total. The van der Waals surface area contributed by atoms with Gasteiger partial charge in [0.15, 0.2) is 0 Å². The van der Waals surface area contributed by atoms with E-state index in [1.165, 1.54) is 0 Å². The maximum atomic E-state index is 12.2. The van der Waals surface area contributed by atoms with Gasteiger partial charge < -0.3 is 9.26 Å². The lowest BCUT2D eigenvalue weighted by molar-refractivity contribution is -0.149. The van der Waals surface area contributed by atoms with Crippen molar-refractivity contribution in [2.24, 2.45) is 4.99 Å². The normalized spacial score (nSPS) is 20.3. The number of rotatable bonds is 2. The molecule has 7 heteroatoms. The molecule has 0 aromatic carbocycles. The zero-order chi connectivity index (χ0) is 12.6. The third-order valence-corrected chi connectivity index (χ3v) is 2.42.